The molecule has 0 aromatic carbocycles. The fourth-order valence-corrected chi connectivity index (χ4v) is 4.96. The number of carbonyl (C=O) groups excluding carboxylic acids is 1. The number of nitrogens with two attached hydrogens (primary N) is 4. The Morgan fingerprint density at radius 1 is 1.03 bits per heavy atom. The molecule has 15 N–H and O–H groups in total. The van der Waals surface area contributed by atoms with Crippen molar-refractivity contribution in [1.82, 2.24) is 5.32 Å². The summed E-state index contributed by atoms with van der Waals surface area (Å²) in [5.74, 6) is -0.835. The lowest BCUT2D eigenvalue weighted by Gasteiger charge is -2.48. The van der Waals surface area contributed by atoms with Gasteiger partial charge in [-0.1, -0.05) is 0 Å². The first-order valence-corrected chi connectivity index (χ1v) is 12.8. The summed E-state index contributed by atoms with van der Waals surface area (Å²) in [6.45, 7) is 0.865. The van der Waals surface area contributed by atoms with Gasteiger partial charge in [0.2, 0.25) is 0 Å². The smallest absolute Gasteiger partial charge is 0.250 e. The third-order valence-electron chi connectivity index (χ3n) is 7.34. The molecule has 2 heterocycles. The van der Waals surface area contributed by atoms with Crippen LogP contribution in [0.2, 0.25) is 0 Å². The van der Waals surface area contributed by atoms with Crippen molar-refractivity contribution >= 4 is 5.91 Å². The predicted octanol–water partition coefficient (Wildman–Crippen LogP) is -6.37. The first-order valence-electron chi connectivity index (χ1n) is 12.8. The van der Waals surface area contributed by atoms with Gasteiger partial charge in [-0.15, -0.1) is 0 Å². The van der Waals surface area contributed by atoms with Crippen LogP contribution in [-0.2, 0) is 23.7 Å². The molecule has 0 spiro atoms. The minimum absolute atomic E-state index is 0.000387. The number of aliphatic hydroxyl groups is 6. The zero-order valence-corrected chi connectivity index (χ0v) is 21.2. The van der Waals surface area contributed by atoms with Gasteiger partial charge in [0, 0.05) is 25.0 Å². The average Bonchev–Trinajstić information content (AvgIpc) is 2.88. The summed E-state index contributed by atoms with van der Waals surface area (Å²) in [7, 11) is 0. The Morgan fingerprint density at radius 2 is 1.71 bits per heavy atom. The Balaban J connectivity index is 1.81. The lowest BCUT2D eigenvalue weighted by atomic mass is 9.83. The molecular formula is C22H43N5O11. The molecule has 3 fully saturated rings. The molecule has 0 aromatic rings. The van der Waals surface area contributed by atoms with Crippen LogP contribution in [0.3, 0.4) is 0 Å². The number of carbonyl (C=O) groups is 1. The van der Waals surface area contributed by atoms with Gasteiger partial charge in [-0.3, -0.25) is 4.79 Å². The summed E-state index contributed by atoms with van der Waals surface area (Å²) in [4.78, 5) is 12.6. The van der Waals surface area contributed by atoms with Gasteiger partial charge in [0.1, 0.15) is 42.7 Å². The number of nitrogens with one attached hydrogen (secondary N) is 1. The standard InChI is InChI=1S/C22H43N5O11/c1-7(24)15(30)21(34)27-9-4-8(25)19(37-13-3-2-10(29)11(5-23)35-13)18(33)20(9)38-22-17(32)14(26)16(31)12(6-28)36-22/h7-20,22,28-33H,2-6,23-26H2,1H3,(H,27,34). The molecule has 1 aliphatic carbocycles. The lowest BCUT2D eigenvalue weighted by Crippen LogP contribution is -2.69. The molecule has 15 atom stereocenters. The number of ether oxygens (including phenoxy) is 4. The number of aliphatic hydroxyl groups excluding tert-OH is 6. The van der Waals surface area contributed by atoms with E-state index in [1.54, 1.807) is 0 Å². The maximum Gasteiger partial charge on any atom is 0.250 e. The van der Waals surface area contributed by atoms with Crippen molar-refractivity contribution in [2.45, 2.75) is 118 Å². The normalized spacial score (nSPS) is 45.8. The van der Waals surface area contributed by atoms with Crippen molar-refractivity contribution in [3.63, 3.8) is 0 Å². The number of rotatable bonds is 9. The van der Waals surface area contributed by atoms with Crippen LogP contribution in [0, 0.1) is 0 Å². The van der Waals surface area contributed by atoms with E-state index in [4.69, 9.17) is 41.9 Å². The lowest BCUT2D eigenvalue weighted by molar-refractivity contribution is -0.314. The van der Waals surface area contributed by atoms with E-state index in [9.17, 15) is 35.4 Å². The molecule has 38 heavy (non-hydrogen) atoms. The molecular weight excluding hydrogens is 510 g/mol. The van der Waals surface area contributed by atoms with E-state index < -0.39 is 104 Å². The molecule has 3 rings (SSSR count). The summed E-state index contributed by atoms with van der Waals surface area (Å²) in [6.07, 6.45) is -12.7. The van der Waals surface area contributed by atoms with Crippen molar-refractivity contribution in [3.8, 4) is 0 Å². The van der Waals surface area contributed by atoms with Crippen molar-refractivity contribution < 1.29 is 54.4 Å². The fourth-order valence-electron chi connectivity index (χ4n) is 4.96. The zero-order chi connectivity index (χ0) is 28.3. The molecule has 2 saturated heterocycles. The monoisotopic (exact) mass is 553 g/mol. The van der Waals surface area contributed by atoms with E-state index >= 15 is 0 Å². The van der Waals surface area contributed by atoms with Crippen molar-refractivity contribution in [3.05, 3.63) is 0 Å². The third-order valence-corrected chi connectivity index (χ3v) is 7.34. The highest BCUT2D eigenvalue weighted by Crippen LogP contribution is 2.31. The van der Waals surface area contributed by atoms with Crippen LogP contribution in [0.5, 0.6) is 0 Å². The van der Waals surface area contributed by atoms with Crippen molar-refractivity contribution in [2.24, 2.45) is 22.9 Å². The highest BCUT2D eigenvalue weighted by atomic mass is 16.7. The van der Waals surface area contributed by atoms with E-state index in [-0.39, 0.29) is 13.0 Å². The summed E-state index contributed by atoms with van der Waals surface area (Å²) in [6, 6.07) is -3.99. The zero-order valence-electron chi connectivity index (χ0n) is 21.2. The van der Waals surface area contributed by atoms with Gasteiger partial charge in [-0.2, -0.15) is 0 Å². The number of hydrogen-bond acceptors (Lipinski definition) is 15. The molecule has 222 valence electrons. The Kier molecular flexibility index (Phi) is 11.2. The van der Waals surface area contributed by atoms with Crippen LogP contribution in [0.4, 0.5) is 0 Å². The Hall–Kier alpha value is -1.09. The molecule has 16 nitrogen and oxygen atoms in total. The van der Waals surface area contributed by atoms with E-state index in [1.165, 1.54) is 6.92 Å². The minimum atomic E-state index is -1.56. The summed E-state index contributed by atoms with van der Waals surface area (Å²) >= 11 is 0. The van der Waals surface area contributed by atoms with E-state index in [1.807, 2.05) is 0 Å². The van der Waals surface area contributed by atoms with Crippen LogP contribution in [0.25, 0.3) is 0 Å². The molecule has 3 aliphatic rings. The summed E-state index contributed by atoms with van der Waals surface area (Å²) < 4.78 is 23.1. The van der Waals surface area contributed by atoms with Crippen molar-refractivity contribution in [2.75, 3.05) is 13.2 Å². The molecule has 2 aliphatic heterocycles. The molecule has 0 aromatic heterocycles. The van der Waals surface area contributed by atoms with E-state index in [0.717, 1.165) is 0 Å². The molecule has 16 heteroatoms. The Morgan fingerprint density at radius 3 is 2.32 bits per heavy atom. The predicted molar refractivity (Wildman–Crippen MR) is 129 cm³/mol. The van der Waals surface area contributed by atoms with Crippen LogP contribution in [0.15, 0.2) is 0 Å². The Labute approximate surface area is 220 Å². The maximum atomic E-state index is 12.6. The van der Waals surface area contributed by atoms with Crippen LogP contribution in [0.1, 0.15) is 26.2 Å². The molecule has 15 unspecified atom stereocenters. The Bertz CT molecular complexity index is 767. The summed E-state index contributed by atoms with van der Waals surface area (Å²) in [5.41, 5.74) is 23.5. The largest absolute Gasteiger partial charge is 0.394 e. The second-order valence-electron chi connectivity index (χ2n) is 10.3. The summed E-state index contributed by atoms with van der Waals surface area (Å²) in [5, 5.41) is 64.3. The highest BCUT2D eigenvalue weighted by Gasteiger charge is 2.51. The molecule has 0 radical (unpaired) electrons. The van der Waals surface area contributed by atoms with Gasteiger partial charge in [0.05, 0.1) is 30.9 Å². The molecule has 1 saturated carbocycles. The first kappa shape index (κ1) is 31.4. The third kappa shape index (κ3) is 6.97. The molecule has 1 amide bonds. The van der Waals surface area contributed by atoms with Gasteiger partial charge in [0.15, 0.2) is 12.6 Å². The number of amides is 1. The second-order valence-corrected chi connectivity index (χ2v) is 10.3. The average molecular weight is 554 g/mol. The highest BCUT2D eigenvalue weighted by molar-refractivity contribution is 5.81. The minimum Gasteiger partial charge on any atom is -0.394 e. The van der Waals surface area contributed by atoms with E-state index in [0.29, 0.717) is 12.8 Å². The van der Waals surface area contributed by atoms with E-state index in [2.05, 4.69) is 5.32 Å². The SMILES string of the molecule is CC(N)C(O)C(=O)NC1CC(N)C(OC2CCC(O)C(CN)O2)C(O)C1OC1OC(CO)C(O)C(N)C1O. The fraction of sp³-hybridized carbons (Fsp3) is 0.955. The van der Waals surface area contributed by atoms with Gasteiger partial charge >= 0.3 is 0 Å². The van der Waals surface area contributed by atoms with Crippen LogP contribution in [-0.4, -0.2) is 141 Å². The maximum absolute atomic E-state index is 12.6. The van der Waals surface area contributed by atoms with Crippen LogP contribution >= 0.6 is 0 Å². The second kappa shape index (κ2) is 13.5. The van der Waals surface area contributed by atoms with Crippen LogP contribution < -0.4 is 28.3 Å². The number of hydrogen-bond donors (Lipinski definition) is 11. The van der Waals surface area contributed by atoms with Gasteiger partial charge < -0.3 is 77.8 Å². The van der Waals surface area contributed by atoms with Crippen molar-refractivity contribution in [1.29, 1.82) is 0 Å². The topological polar surface area (TPSA) is 291 Å². The quantitative estimate of drug-likeness (QED) is 0.126. The van der Waals surface area contributed by atoms with Gasteiger partial charge in [-0.05, 0) is 19.8 Å². The first-order chi connectivity index (χ1) is 17.9. The van der Waals surface area contributed by atoms with Gasteiger partial charge in [-0.25, -0.2) is 0 Å². The van der Waals surface area contributed by atoms with Gasteiger partial charge in [0.25, 0.3) is 5.91 Å². The molecule has 0 bridgehead atoms.